The molecule has 0 heterocycles. The van der Waals surface area contributed by atoms with E-state index < -0.39 is 0 Å². The van der Waals surface area contributed by atoms with Crippen molar-refractivity contribution in [3.63, 3.8) is 0 Å². The standard InChI is InChI=1S/C19H28/c1-4-5-6-7-8-9-10-11-14-17(2)19-16-13-12-15-18(19)3/h9-10,12-13,15-16H,2,4-8,11,14H2,1,3H3/b10-9+. The fourth-order valence-corrected chi connectivity index (χ4v) is 2.29. The van der Waals surface area contributed by atoms with Gasteiger partial charge in [-0.1, -0.05) is 69.2 Å². The Bertz CT molecular complexity index is 398. The van der Waals surface area contributed by atoms with Gasteiger partial charge in [-0.3, -0.25) is 0 Å². The smallest absolute Gasteiger partial charge is 0.0201 e. The third-order valence-electron chi connectivity index (χ3n) is 3.53. The molecule has 0 amide bonds. The molecular weight excluding hydrogens is 228 g/mol. The monoisotopic (exact) mass is 256 g/mol. The van der Waals surface area contributed by atoms with Crippen molar-refractivity contribution in [2.24, 2.45) is 0 Å². The van der Waals surface area contributed by atoms with Crippen molar-refractivity contribution in [3.8, 4) is 0 Å². The molecule has 19 heavy (non-hydrogen) atoms. The fraction of sp³-hybridized carbons (Fsp3) is 0.474. The molecule has 0 radical (unpaired) electrons. The maximum Gasteiger partial charge on any atom is -0.0201 e. The molecule has 0 aromatic heterocycles. The van der Waals surface area contributed by atoms with Gasteiger partial charge in [0.1, 0.15) is 0 Å². The van der Waals surface area contributed by atoms with Crippen LogP contribution in [-0.2, 0) is 0 Å². The summed E-state index contributed by atoms with van der Waals surface area (Å²) < 4.78 is 0. The van der Waals surface area contributed by atoms with Gasteiger partial charge in [0.2, 0.25) is 0 Å². The fourth-order valence-electron chi connectivity index (χ4n) is 2.29. The van der Waals surface area contributed by atoms with Crippen LogP contribution in [0.25, 0.3) is 5.57 Å². The summed E-state index contributed by atoms with van der Waals surface area (Å²) in [7, 11) is 0. The second-order valence-corrected chi connectivity index (χ2v) is 5.28. The molecule has 0 atom stereocenters. The van der Waals surface area contributed by atoms with Crippen molar-refractivity contribution in [2.45, 2.75) is 58.8 Å². The Morgan fingerprint density at radius 3 is 2.53 bits per heavy atom. The molecule has 0 nitrogen and oxygen atoms in total. The minimum absolute atomic E-state index is 1.07. The highest BCUT2D eigenvalue weighted by Gasteiger charge is 2.00. The maximum atomic E-state index is 4.21. The van der Waals surface area contributed by atoms with Crippen LogP contribution in [-0.4, -0.2) is 0 Å². The molecule has 0 aliphatic rings. The molecule has 0 unspecified atom stereocenters. The Morgan fingerprint density at radius 2 is 1.79 bits per heavy atom. The number of unbranched alkanes of at least 4 members (excludes halogenated alkanes) is 4. The number of allylic oxidation sites excluding steroid dienone is 3. The summed E-state index contributed by atoms with van der Waals surface area (Å²) in [5.41, 5.74) is 3.91. The molecule has 0 bridgehead atoms. The van der Waals surface area contributed by atoms with E-state index in [0.29, 0.717) is 0 Å². The zero-order chi connectivity index (χ0) is 13.9. The van der Waals surface area contributed by atoms with E-state index in [9.17, 15) is 0 Å². The number of hydrogen-bond acceptors (Lipinski definition) is 0. The molecule has 0 spiro atoms. The van der Waals surface area contributed by atoms with Gasteiger partial charge in [0.05, 0.1) is 0 Å². The van der Waals surface area contributed by atoms with Crippen LogP contribution < -0.4 is 0 Å². The van der Waals surface area contributed by atoms with E-state index in [1.54, 1.807) is 0 Å². The predicted molar refractivity (Wildman–Crippen MR) is 87.3 cm³/mol. The summed E-state index contributed by atoms with van der Waals surface area (Å²) in [6, 6.07) is 8.51. The van der Waals surface area contributed by atoms with Crippen LogP contribution in [0.2, 0.25) is 0 Å². The second kappa shape index (κ2) is 9.61. The molecule has 0 aliphatic heterocycles. The molecule has 104 valence electrons. The lowest BCUT2D eigenvalue weighted by molar-refractivity contribution is 0.674. The second-order valence-electron chi connectivity index (χ2n) is 5.28. The molecule has 0 saturated carbocycles. The van der Waals surface area contributed by atoms with Gasteiger partial charge in [-0.05, 0) is 49.3 Å². The van der Waals surface area contributed by atoms with Crippen LogP contribution in [0.3, 0.4) is 0 Å². The Balaban J connectivity index is 2.21. The molecule has 0 N–H and O–H groups in total. The lowest BCUT2D eigenvalue weighted by atomic mass is 9.98. The normalized spacial score (nSPS) is 11.1. The predicted octanol–water partition coefficient (Wildman–Crippen LogP) is 6.32. The third-order valence-corrected chi connectivity index (χ3v) is 3.53. The van der Waals surface area contributed by atoms with E-state index >= 15 is 0 Å². The molecular formula is C19H28. The molecule has 0 aliphatic carbocycles. The molecule has 0 fully saturated rings. The van der Waals surface area contributed by atoms with E-state index in [2.05, 4.69) is 56.8 Å². The summed E-state index contributed by atoms with van der Waals surface area (Å²) in [6.07, 6.45) is 13.5. The molecule has 1 aromatic carbocycles. The third kappa shape index (κ3) is 6.42. The lowest BCUT2D eigenvalue weighted by Gasteiger charge is -2.07. The zero-order valence-corrected chi connectivity index (χ0v) is 12.6. The van der Waals surface area contributed by atoms with Crippen molar-refractivity contribution < 1.29 is 0 Å². The van der Waals surface area contributed by atoms with E-state index in [1.807, 2.05) is 0 Å². The minimum atomic E-state index is 1.07. The Hall–Kier alpha value is -1.30. The molecule has 1 rings (SSSR count). The largest absolute Gasteiger partial charge is 0.0952 e. The zero-order valence-electron chi connectivity index (χ0n) is 12.6. The van der Waals surface area contributed by atoms with E-state index in [1.165, 1.54) is 48.8 Å². The van der Waals surface area contributed by atoms with Crippen molar-refractivity contribution in [3.05, 3.63) is 54.1 Å². The maximum absolute atomic E-state index is 4.21. The molecule has 0 saturated heterocycles. The lowest BCUT2D eigenvalue weighted by Crippen LogP contribution is -1.86. The van der Waals surface area contributed by atoms with Gasteiger partial charge in [-0.15, -0.1) is 0 Å². The van der Waals surface area contributed by atoms with Crippen LogP contribution in [0, 0.1) is 6.92 Å². The average Bonchev–Trinajstić information content (AvgIpc) is 2.42. The van der Waals surface area contributed by atoms with E-state index in [0.717, 1.165) is 12.8 Å². The highest BCUT2D eigenvalue weighted by Crippen LogP contribution is 2.21. The minimum Gasteiger partial charge on any atom is -0.0952 e. The Labute approximate surface area is 119 Å². The number of rotatable bonds is 9. The van der Waals surface area contributed by atoms with Gasteiger partial charge in [-0.25, -0.2) is 0 Å². The summed E-state index contributed by atoms with van der Waals surface area (Å²) in [5.74, 6) is 0. The van der Waals surface area contributed by atoms with Gasteiger partial charge in [0.15, 0.2) is 0 Å². The van der Waals surface area contributed by atoms with Crippen molar-refractivity contribution in [2.75, 3.05) is 0 Å². The van der Waals surface area contributed by atoms with Crippen LogP contribution in [0.1, 0.15) is 63.0 Å². The van der Waals surface area contributed by atoms with Gasteiger partial charge in [0, 0.05) is 0 Å². The van der Waals surface area contributed by atoms with E-state index in [4.69, 9.17) is 0 Å². The summed E-state index contributed by atoms with van der Waals surface area (Å²) in [5, 5.41) is 0. The number of benzene rings is 1. The van der Waals surface area contributed by atoms with Crippen LogP contribution >= 0.6 is 0 Å². The summed E-state index contributed by atoms with van der Waals surface area (Å²) >= 11 is 0. The van der Waals surface area contributed by atoms with Gasteiger partial charge in [0.25, 0.3) is 0 Å². The van der Waals surface area contributed by atoms with E-state index in [-0.39, 0.29) is 0 Å². The first-order valence-corrected chi connectivity index (χ1v) is 7.64. The average molecular weight is 256 g/mol. The highest BCUT2D eigenvalue weighted by atomic mass is 14.1. The number of hydrogen-bond donors (Lipinski definition) is 0. The summed E-state index contributed by atoms with van der Waals surface area (Å²) in [4.78, 5) is 0. The van der Waals surface area contributed by atoms with Gasteiger partial charge < -0.3 is 0 Å². The topological polar surface area (TPSA) is 0 Å². The van der Waals surface area contributed by atoms with Crippen LogP contribution in [0.5, 0.6) is 0 Å². The van der Waals surface area contributed by atoms with Crippen molar-refractivity contribution >= 4 is 5.57 Å². The first kappa shape index (κ1) is 15.8. The first-order chi connectivity index (χ1) is 9.25. The SMILES string of the molecule is C=C(CC/C=C/CCCCCC)c1ccccc1C. The molecule has 0 heteroatoms. The summed E-state index contributed by atoms with van der Waals surface area (Å²) in [6.45, 7) is 8.62. The van der Waals surface area contributed by atoms with Gasteiger partial charge >= 0.3 is 0 Å². The quantitative estimate of drug-likeness (QED) is 0.358. The first-order valence-electron chi connectivity index (χ1n) is 7.64. The Kier molecular flexibility index (Phi) is 7.97. The van der Waals surface area contributed by atoms with Crippen LogP contribution in [0.4, 0.5) is 0 Å². The van der Waals surface area contributed by atoms with Crippen molar-refractivity contribution in [1.29, 1.82) is 0 Å². The Morgan fingerprint density at radius 1 is 1.05 bits per heavy atom. The van der Waals surface area contributed by atoms with Crippen molar-refractivity contribution in [1.82, 2.24) is 0 Å². The van der Waals surface area contributed by atoms with Crippen LogP contribution in [0.15, 0.2) is 43.0 Å². The molecule has 1 aromatic rings. The number of aryl methyl sites for hydroxylation is 1. The highest BCUT2D eigenvalue weighted by molar-refractivity contribution is 5.66. The van der Waals surface area contributed by atoms with Gasteiger partial charge in [-0.2, -0.15) is 0 Å².